The highest BCUT2D eigenvalue weighted by Crippen LogP contribution is 2.33. The first-order valence-corrected chi connectivity index (χ1v) is 10.7. The van der Waals surface area contributed by atoms with Crippen molar-refractivity contribution < 1.29 is 9.47 Å². The van der Waals surface area contributed by atoms with Gasteiger partial charge in [-0.3, -0.25) is 0 Å². The second-order valence-corrected chi connectivity index (χ2v) is 8.15. The smallest absolute Gasteiger partial charge is 0.163 e. The molecule has 1 aromatic carbocycles. The first-order valence-electron chi connectivity index (χ1n) is 10.7. The Morgan fingerprint density at radius 1 is 1.14 bits per heavy atom. The van der Waals surface area contributed by atoms with Crippen LogP contribution in [-0.4, -0.2) is 32.7 Å². The lowest BCUT2D eigenvalue weighted by molar-refractivity contribution is 0.200. The summed E-state index contributed by atoms with van der Waals surface area (Å²) in [5.41, 5.74) is 2.13. The van der Waals surface area contributed by atoms with E-state index >= 15 is 0 Å². The fourth-order valence-corrected chi connectivity index (χ4v) is 3.93. The number of hydrogen-bond acceptors (Lipinski definition) is 5. The van der Waals surface area contributed by atoms with Crippen molar-refractivity contribution in [3.63, 3.8) is 0 Å². The van der Waals surface area contributed by atoms with Crippen LogP contribution in [-0.2, 0) is 13.0 Å². The largest absolute Gasteiger partial charge is 0.493 e. The lowest BCUT2D eigenvalue weighted by Gasteiger charge is -2.17. The van der Waals surface area contributed by atoms with Crippen LogP contribution >= 0.6 is 0 Å². The zero-order chi connectivity index (χ0) is 20.2. The van der Waals surface area contributed by atoms with Crippen molar-refractivity contribution in [2.24, 2.45) is 0 Å². The molecule has 0 radical (unpaired) electrons. The standard InChI is InChI=1S/C23H30N4O2/c1-16(2)22-25-19-14-24-15-27(23(19)26-22)12-6-7-17-10-11-20(28-3)21(13-17)29-18-8-4-5-9-18/h10-11,13-16,18H,4-9,12H2,1-3H3. The van der Waals surface area contributed by atoms with E-state index in [0.29, 0.717) is 12.0 Å². The highest BCUT2D eigenvalue weighted by atomic mass is 16.5. The van der Waals surface area contributed by atoms with Gasteiger partial charge in [-0.25, -0.2) is 15.0 Å². The van der Waals surface area contributed by atoms with E-state index in [9.17, 15) is 0 Å². The van der Waals surface area contributed by atoms with E-state index in [1.165, 1.54) is 18.4 Å². The third-order valence-corrected chi connectivity index (χ3v) is 5.56. The number of methoxy groups -OCH3 is 1. The highest BCUT2D eigenvalue weighted by Gasteiger charge is 2.19. The van der Waals surface area contributed by atoms with Gasteiger partial charge in [-0.15, -0.1) is 0 Å². The van der Waals surface area contributed by atoms with Crippen LogP contribution < -0.4 is 9.47 Å². The number of imidazole rings is 1. The van der Waals surface area contributed by atoms with Crippen molar-refractivity contribution >= 4 is 0 Å². The van der Waals surface area contributed by atoms with E-state index in [-0.39, 0.29) is 0 Å². The molecule has 3 aliphatic rings. The zero-order valence-electron chi connectivity index (χ0n) is 17.6. The molecular formula is C23H30N4O2. The van der Waals surface area contributed by atoms with E-state index in [0.717, 1.165) is 61.1 Å². The molecule has 1 saturated carbocycles. The molecule has 0 unspecified atom stereocenters. The van der Waals surface area contributed by atoms with Crippen LogP contribution in [0.2, 0.25) is 0 Å². The van der Waals surface area contributed by atoms with Crippen molar-refractivity contribution in [2.75, 3.05) is 7.11 Å². The molecule has 1 fully saturated rings. The van der Waals surface area contributed by atoms with E-state index in [1.807, 2.05) is 12.4 Å². The molecule has 0 saturated heterocycles. The van der Waals surface area contributed by atoms with E-state index < -0.39 is 0 Å². The quantitative estimate of drug-likeness (QED) is 0.546. The molecule has 2 aliphatic heterocycles. The molecule has 0 amide bonds. The van der Waals surface area contributed by atoms with Crippen LogP contribution in [0.15, 0.2) is 30.7 Å². The van der Waals surface area contributed by atoms with Crippen LogP contribution in [0.3, 0.4) is 0 Å². The van der Waals surface area contributed by atoms with Gasteiger partial charge < -0.3 is 14.0 Å². The van der Waals surface area contributed by atoms with Crippen LogP contribution in [0.1, 0.15) is 63.3 Å². The normalized spacial score (nSPS) is 14.8. The van der Waals surface area contributed by atoms with Crippen LogP contribution in [0.5, 0.6) is 11.5 Å². The Morgan fingerprint density at radius 3 is 2.72 bits per heavy atom. The Balaban J connectivity index is 1.42. The van der Waals surface area contributed by atoms with Crippen LogP contribution in [0.25, 0.3) is 11.5 Å². The molecule has 4 rings (SSSR count). The number of aromatic nitrogens is 4. The summed E-state index contributed by atoms with van der Waals surface area (Å²) in [6.45, 7) is 5.08. The van der Waals surface area contributed by atoms with Crippen molar-refractivity contribution in [3.8, 4) is 23.0 Å². The Morgan fingerprint density at radius 2 is 1.97 bits per heavy atom. The fraction of sp³-hybridized carbons (Fsp3) is 0.522. The average Bonchev–Trinajstić information content (AvgIpc) is 3.38. The second-order valence-electron chi connectivity index (χ2n) is 8.15. The van der Waals surface area contributed by atoms with Crippen molar-refractivity contribution in [1.29, 1.82) is 0 Å². The number of aryl methyl sites for hydroxylation is 2. The molecule has 29 heavy (non-hydrogen) atoms. The average molecular weight is 395 g/mol. The van der Waals surface area contributed by atoms with Gasteiger partial charge >= 0.3 is 0 Å². The fourth-order valence-electron chi connectivity index (χ4n) is 3.93. The molecule has 1 aliphatic carbocycles. The van der Waals surface area contributed by atoms with Crippen molar-refractivity contribution in [2.45, 2.75) is 70.9 Å². The topological polar surface area (TPSA) is 62.1 Å². The Kier molecular flexibility index (Phi) is 5.97. The molecule has 0 spiro atoms. The molecule has 6 heteroatoms. The SMILES string of the molecule is COc1ccc(CCCn2cncc3nc(C(C)C)nc2-3)cc1OC1CCCC1. The molecule has 1 aromatic rings. The van der Waals surface area contributed by atoms with Gasteiger partial charge in [0.2, 0.25) is 0 Å². The number of nitrogens with zero attached hydrogens (tertiary/aromatic N) is 4. The minimum Gasteiger partial charge on any atom is -0.493 e. The molecule has 0 bridgehead atoms. The number of ether oxygens (including phenoxy) is 2. The monoisotopic (exact) mass is 394 g/mol. The maximum atomic E-state index is 6.23. The Hall–Kier alpha value is -2.63. The van der Waals surface area contributed by atoms with Crippen LogP contribution in [0, 0.1) is 0 Å². The summed E-state index contributed by atoms with van der Waals surface area (Å²) in [4.78, 5) is 13.6. The molecule has 0 atom stereocenters. The van der Waals surface area contributed by atoms with Gasteiger partial charge in [0.25, 0.3) is 0 Å². The summed E-state index contributed by atoms with van der Waals surface area (Å²) >= 11 is 0. The highest BCUT2D eigenvalue weighted by molar-refractivity contribution is 5.50. The van der Waals surface area contributed by atoms with Gasteiger partial charge in [0.05, 0.1) is 25.7 Å². The van der Waals surface area contributed by atoms with Gasteiger partial charge in [0.1, 0.15) is 11.5 Å². The molecule has 6 nitrogen and oxygen atoms in total. The third kappa shape index (κ3) is 4.52. The lowest BCUT2D eigenvalue weighted by atomic mass is 10.1. The first-order chi connectivity index (χ1) is 14.1. The lowest BCUT2D eigenvalue weighted by Crippen LogP contribution is -2.12. The predicted molar refractivity (Wildman–Crippen MR) is 113 cm³/mol. The summed E-state index contributed by atoms with van der Waals surface area (Å²) in [5.74, 6) is 3.80. The van der Waals surface area contributed by atoms with Gasteiger partial charge in [-0.2, -0.15) is 0 Å². The molecule has 154 valence electrons. The minimum absolute atomic E-state index is 0.313. The zero-order valence-corrected chi connectivity index (χ0v) is 17.6. The number of fused-ring (bicyclic) bond motifs is 1. The Labute approximate surface area is 172 Å². The molecular weight excluding hydrogens is 364 g/mol. The second kappa shape index (κ2) is 8.80. The minimum atomic E-state index is 0.313. The number of rotatable bonds is 8. The van der Waals surface area contributed by atoms with E-state index in [1.54, 1.807) is 13.3 Å². The van der Waals surface area contributed by atoms with E-state index in [4.69, 9.17) is 14.5 Å². The summed E-state index contributed by atoms with van der Waals surface area (Å²) in [5, 5.41) is 0. The predicted octanol–water partition coefficient (Wildman–Crippen LogP) is 4.86. The van der Waals surface area contributed by atoms with Gasteiger partial charge in [0, 0.05) is 12.5 Å². The molecule has 2 heterocycles. The molecule has 0 N–H and O–H groups in total. The summed E-state index contributed by atoms with van der Waals surface area (Å²) in [7, 11) is 1.70. The Bertz CT molecular complexity index is 915. The summed E-state index contributed by atoms with van der Waals surface area (Å²) in [6.07, 6.45) is 10.7. The maximum absolute atomic E-state index is 6.23. The first kappa shape index (κ1) is 19.7. The van der Waals surface area contributed by atoms with Gasteiger partial charge in [0.15, 0.2) is 17.3 Å². The van der Waals surface area contributed by atoms with Gasteiger partial charge in [-0.05, 0) is 56.2 Å². The number of benzene rings is 1. The van der Waals surface area contributed by atoms with Crippen LogP contribution in [0.4, 0.5) is 0 Å². The maximum Gasteiger partial charge on any atom is 0.163 e. The summed E-state index contributed by atoms with van der Waals surface area (Å²) < 4.78 is 13.8. The van der Waals surface area contributed by atoms with Gasteiger partial charge in [-0.1, -0.05) is 19.9 Å². The van der Waals surface area contributed by atoms with Crippen molar-refractivity contribution in [1.82, 2.24) is 19.5 Å². The van der Waals surface area contributed by atoms with Crippen molar-refractivity contribution in [3.05, 3.63) is 42.1 Å². The third-order valence-electron chi connectivity index (χ3n) is 5.56. The summed E-state index contributed by atoms with van der Waals surface area (Å²) in [6, 6.07) is 6.29. The molecule has 0 aromatic heterocycles. The number of hydrogen-bond donors (Lipinski definition) is 0. The van der Waals surface area contributed by atoms with E-state index in [2.05, 4.69) is 40.5 Å².